The average molecular weight is 353 g/mol. The molecule has 0 bridgehead atoms. The number of amides is 1. The topological polar surface area (TPSA) is 61.4 Å². The van der Waals surface area contributed by atoms with Gasteiger partial charge < -0.3 is 15.1 Å². The maximum atomic E-state index is 12.5. The molecule has 3 rings (SSSR count). The van der Waals surface area contributed by atoms with E-state index in [-0.39, 0.29) is 5.92 Å². The van der Waals surface area contributed by atoms with E-state index in [0.29, 0.717) is 5.91 Å². The van der Waals surface area contributed by atoms with Crippen LogP contribution in [-0.4, -0.2) is 47.2 Å². The summed E-state index contributed by atoms with van der Waals surface area (Å²) < 4.78 is 0. The predicted octanol–water partition coefficient (Wildman–Crippen LogP) is 3.31. The van der Waals surface area contributed by atoms with Crippen LogP contribution in [0.2, 0.25) is 0 Å². The zero-order valence-electron chi connectivity index (χ0n) is 15.6. The van der Waals surface area contributed by atoms with Gasteiger partial charge in [-0.05, 0) is 37.1 Å². The van der Waals surface area contributed by atoms with Gasteiger partial charge in [0.2, 0.25) is 5.91 Å². The normalized spacial score (nSPS) is 14.6. The van der Waals surface area contributed by atoms with Crippen LogP contribution in [0.5, 0.6) is 0 Å². The monoisotopic (exact) mass is 353 g/mol. The smallest absolute Gasteiger partial charge is 0.225 e. The van der Waals surface area contributed by atoms with E-state index in [1.165, 1.54) is 0 Å². The number of hydrogen-bond donors (Lipinski definition) is 1. The molecule has 6 heteroatoms. The Hall–Kier alpha value is -2.63. The van der Waals surface area contributed by atoms with Gasteiger partial charge >= 0.3 is 0 Å². The maximum Gasteiger partial charge on any atom is 0.225 e. The fourth-order valence-corrected chi connectivity index (χ4v) is 3.28. The number of anilines is 3. The van der Waals surface area contributed by atoms with Crippen LogP contribution in [0.1, 0.15) is 26.7 Å². The first-order valence-electron chi connectivity index (χ1n) is 9.40. The molecule has 26 heavy (non-hydrogen) atoms. The fourth-order valence-electron chi connectivity index (χ4n) is 3.28. The lowest BCUT2D eigenvalue weighted by Gasteiger charge is -2.36. The summed E-state index contributed by atoms with van der Waals surface area (Å²) in [5.41, 5.74) is 0.989. The van der Waals surface area contributed by atoms with E-state index in [9.17, 15) is 4.79 Å². The first-order chi connectivity index (χ1) is 12.7. The molecule has 1 aromatic heterocycles. The molecule has 1 amide bonds. The van der Waals surface area contributed by atoms with Gasteiger partial charge in [0.05, 0.1) is 0 Å². The van der Waals surface area contributed by atoms with E-state index >= 15 is 0 Å². The quantitative estimate of drug-likeness (QED) is 0.863. The minimum Gasteiger partial charge on any atom is -0.352 e. The Bertz CT molecular complexity index is 692. The van der Waals surface area contributed by atoms with Crippen molar-refractivity contribution in [3.05, 3.63) is 42.5 Å². The number of hydrogen-bond acceptors (Lipinski definition) is 5. The molecule has 0 atom stereocenters. The van der Waals surface area contributed by atoms with Crippen molar-refractivity contribution in [2.45, 2.75) is 26.7 Å². The van der Waals surface area contributed by atoms with Crippen LogP contribution >= 0.6 is 0 Å². The van der Waals surface area contributed by atoms with Gasteiger partial charge in [0, 0.05) is 37.8 Å². The first kappa shape index (κ1) is 18.2. The number of nitrogens with one attached hydrogen (secondary N) is 1. The highest BCUT2D eigenvalue weighted by Crippen LogP contribution is 2.19. The highest BCUT2D eigenvalue weighted by Gasteiger charge is 2.26. The Labute approximate surface area is 155 Å². The second kappa shape index (κ2) is 8.65. The van der Waals surface area contributed by atoms with Crippen molar-refractivity contribution in [2.24, 2.45) is 5.92 Å². The van der Waals surface area contributed by atoms with Gasteiger partial charge in [0.1, 0.15) is 0 Å². The molecule has 2 heterocycles. The SMILES string of the molecule is CCC(CC)C(=O)N1CCN(c2ccc(Nc3ccccc3)nn2)CC1. The molecule has 1 saturated heterocycles. The lowest BCUT2D eigenvalue weighted by atomic mass is 10.0. The van der Waals surface area contributed by atoms with E-state index in [4.69, 9.17) is 0 Å². The van der Waals surface area contributed by atoms with Crippen LogP contribution in [0.4, 0.5) is 17.3 Å². The Morgan fingerprint density at radius 1 is 1.00 bits per heavy atom. The molecule has 1 aliphatic heterocycles. The Morgan fingerprint density at radius 3 is 2.27 bits per heavy atom. The maximum absolute atomic E-state index is 12.5. The van der Waals surface area contributed by atoms with Crippen LogP contribution in [-0.2, 0) is 4.79 Å². The van der Waals surface area contributed by atoms with Gasteiger partial charge in [0.15, 0.2) is 11.6 Å². The third kappa shape index (κ3) is 4.31. The summed E-state index contributed by atoms with van der Waals surface area (Å²) in [6, 6.07) is 13.8. The van der Waals surface area contributed by atoms with Crippen LogP contribution in [0.3, 0.4) is 0 Å². The highest BCUT2D eigenvalue weighted by atomic mass is 16.2. The number of carbonyl (C=O) groups is 1. The van der Waals surface area contributed by atoms with Crippen molar-refractivity contribution >= 4 is 23.2 Å². The van der Waals surface area contributed by atoms with E-state index in [2.05, 4.69) is 34.3 Å². The van der Waals surface area contributed by atoms with E-state index in [1.807, 2.05) is 47.4 Å². The van der Waals surface area contributed by atoms with Crippen molar-refractivity contribution in [1.82, 2.24) is 15.1 Å². The molecule has 1 fully saturated rings. The van der Waals surface area contributed by atoms with Gasteiger partial charge in [-0.1, -0.05) is 32.0 Å². The Balaban J connectivity index is 1.55. The minimum atomic E-state index is 0.157. The van der Waals surface area contributed by atoms with Crippen LogP contribution in [0.15, 0.2) is 42.5 Å². The predicted molar refractivity (Wildman–Crippen MR) is 105 cm³/mol. The van der Waals surface area contributed by atoms with Gasteiger partial charge in [-0.25, -0.2) is 0 Å². The van der Waals surface area contributed by atoms with Crippen molar-refractivity contribution in [1.29, 1.82) is 0 Å². The fraction of sp³-hybridized carbons (Fsp3) is 0.450. The molecule has 2 aromatic rings. The second-order valence-electron chi connectivity index (χ2n) is 6.59. The lowest BCUT2D eigenvalue weighted by Crippen LogP contribution is -2.50. The molecule has 138 valence electrons. The molecule has 0 radical (unpaired) electrons. The summed E-state index contributed by atoms with van der Waals surface area (Å²) in [5.74, 6) is 2.04. The molecule has 0 saturated carbocycles. The number of para-hydroxylation sites is 1. The molecule has 1 aliphatic rings. The Morgan fingerprint density at radius 2 is 1.69 bits per heavy atom. The second-order valence-corrected chi connectivity index (χ2v) is 6.59. The third-order valence-corrected chi connectivity index (χ3v) is 4.95. The zero-order chi connectivity index (χ0) is 18.4. The standard InChI is InChI=1S/C20H27N5O/c1-3-16(4-2)20(26)25-14-12-24(13-15-25)19-11-10-18(22-23-19)21-17-8-6-5-7-9-17/h5-11,16H,3-4,12-15H2,1-2H3,(H,21,22). The third-order valence-electron chi connectivity index (χ3n) is 4.95. The number of nitrogens with zero attached hydrogens (tertiary/aromatic N) is 4. The first-order valence-corrected chi connectivity index (χ1v) is 9.40. The zero-order valence-corrected chi connectivity index (χ0v) is 15.6. The van der Waals surface area contributed by atoms with E-state index in [0.717, 1.165) is 56.3 Å². The number of benzene rings is 1. The summed E-state index contributed by atoms with van der Waals surface area (Å²) in [6.07, 6.45) is 1.83. The summed E-state index contributed by atoms with van der Waals surface area (Å²) >= 11 is 0. The average Bonchev–Trinajstić information content (AvgIpc) is 2.70. The lowest BCUT2D eigenvalue weighted by molar-refractivity contribution is -0.136. The molecule has 1 N–H and O–H groups in total. The molecule has 0 spiro atoms. The van der Waals surface area contributed by atoms with E-state index < -0.39 is 0 Å². The largest absolute Gasteiger partial charge is 0.352 e. The molecule has 0 aliphatic carbocycles. The van der Waals surface area contributed by atoms with Crippen molar-refractivity contribution < 1.29 is 4.79 Å². The van der Waals surface area contributed by atoms with Crippen molar-refractivity contribution in [3.63, 3.8) is 0 Å². The van der Waals surface area contributed by atoms with E-state index in [1.54, 1.807) is 0 Å². The van der Waals surface area contributed by atoms with Crippen LogP contribution in [0.25, 0.3) is 0 Å². The number of carbonyl (C=O) groups excluding carboxylic acids is 1. The number of piperazine rings is 1. The minimum absolute atomic E-state index is 0.157. The van der Waals surface area contributed by atoms with Crippen molar-refractivity contribution in [3.8, 4) is 0 Å². The van der Waals surface area contributed by atoms with Crippen molar-refractivity contribution in [2.75, 3.05) is 36.4 Å². The molecule has 0 unspecified atom stereocenters. The molecule has 6 nitrogen and oxygen atoms in total. The summed E-state index contributed by atoms with van der Waals surface area (Å²) in [4.78, 5) is 16.7. The van der Waals surface area contributed by atoms with Gasteiger partial charge in [-0.2, -0.15) is 0 Å². The van der Waals surface area contributed by atoms with Crippen LogP contribution < -0.4 is 10.2 Å². The molecular formula is C20H27N5O. The molecule has 1 aromatic carbocycles. The van der Waals surface area contributed by atoms with Crippen LogP contribution in [0, 0.1) is 5.92 Å². The summed E-state index contributed by atoms with van der Waals surface area (Å²) in [5, 5.41) is 11.9. The summed E-state index contributed by atoms with van der Waals surface area (Å²) in [6.45, 7) is 7.27. The number of rotatable bonds is 6. The Kier molecular flexibility index (Phi) is 6.04. The van der Waals surface area contributed by atoms with Gasteiger partial charge in [0.25, 0.3) is 0 Å². The summed E-state index contributed by atoms with van der Waals surface area (Å²) in [7, 11) is 0. The van der Waals surface area contributed by atoms with Gasteiger partial charge in [-0.15, -0.1) is 10.2 Å². The van der Waals surface area contributed by atoms with Gasteiger partial charge in [-0.3, -0.25) is 4.79 Å². The highest BCUT2D eigenvalue weighted by molar-refractivity contribution is 5.79. The number of aromatic nitrogens is 2. The molecular weight excluding hydrogens is 326 g/mol.